The minimum absolute atomic E-state index is 0.233. The van der Waals surface area contributed by atoms with Crippen LogP contribution in [0.2, 0.25) is 20.1 Å². The Morgan fingerprint density at radius 2 is 1.33 bits per heavy atom. The number of thioether (sulfide) groups is 1. The Kier molecular flexibility index (Phi) is 7.82. The van der Waals surface area contributed by atoms with Crippen molar-refractivity contribution in [1.82, 2.24) is 4.90 Å². The van der Waals surface area contributed by atoms with E-state index in [-0.39, 0.29) is 33.4 Å². The number of amides is 3. The molecular weight excluding hydrogens is 570 g/mol. The molecule has 184 valence electrons. The number of imide groups is 1. The lowest BCUT2D eigenvalue weighted by atomic mass is 10.1. The largest absolute Gasteiger partial charge is 0.478 e. The molecular formula is C24H14Cl4N2O5S. The Morgan fingerprint density at radius 1 is 0.806 bits per heavy atom. The van der Waals surface area contributed by atoms with Crippen molar-refractivity contribution < 1.29 is 24.3 Å². The summed E-state index contributed by atoms with van der Waals surface area (Å²) in [6.45, 7) is 0.240. The van der Waals surface area contributed by atoms with Gasteiger partial charge in [0.05, 0.1) is 42.3 Å². The molecule has 1 aliphatic heterocycles. The van der Waals surface area contributed by atoms with Gasteiger partial charge in [-0.1, -0.05) is 58.5 Å². The monoisotopic (exact) mass is 582 g/mol. The molecule has 0 saturated heterocycles. The number of nitrogens with zero attached hydrogens (tertiary/aromatic N) is 1. The Bertz CT molecular complexity index is 1390. The maximum Gasteiger partial charge on any atom is 0.338 e. The van der Waals surface area contributed by atoms with Gasteiger partial charge < -0.3 is 10.4 Å². The number of carbonyl (C=O) groups excluding carboxylic acids is 3. The molecule has 1 aliphatic rings. The molecule has 0 saturated carbocycles. The Balaban J connectivity index is 1.41. The molecule has 3 aromatic carbocycles. The van der Waals surface area contributed by atoms with E-state index in [1.165, 1.54) is 16.7 Å². The van der Waals surface area contributed by atoms with E-state index in [2.05, 4.69) is 5.32 Å². The number of fused-ring (bicyclic) bond motifs is 1. The molecule has 0 bridgehead atoms. The van der Waals surface area contributed by atoms with E-state index >= 15 is 0 Å². The van der Waals surface area contributed by atoms with Crippen LogP contribution < -0.4 is 5.32 Å². The zero-order valence-corrected chi connectivity index (χ0v) is 21.8. The third kappa shape index (κ3) is 4.92. The van der Waals surface area contributed by atoms with Gasteiger partial charge in [-0.05, 0) is 36.4 Å². The highest BCUT2D eigenvalue weighted by atomic mass is 35.5. The standard InChI is InChI=1S/C24H14Cl4N2O5S/c25-17-15(16(24(34)35)18(26)20(28)19(17)27)21(31)29-11-5-7-12(8-6-11)36-10-9-30-22(32)13-3-1-2-4-14(13)23(30)33/h1-8H,9-10H2,(H,29,31)(H,34,35). The lowest BCUT2D eigenvalue weighted by Crippen LogP contribution is -2.31. The highest BCUT2D eigenvalue weighted by Crippen LogP contribution is 2.41. The van der Waals surface area contributed by atoms with E-state index < -0.39 is 28.0 Å². The van der Waals surface area contributed by atoms with Gasteiger partial charge in [0.15, 0.2) is 0 Å². The van der Waals surface area contributed by atoms with E-state index in [1.807, 2.05) is 0 Å². The van der Waals surface area contributed by atoms with Gasteiger partial charge >= 0.3 is 5.97 Å². The first-order valence-corrected chi connectivity index (χ1v) is 12.7. The van der Waals surface area contributed by atoms with Crippen molar-refractivity contribution in [3.63, 3.8) is 0 Å². The van der Waals surface area contributed by atoms with Gasteiger partial charge in [0.2, 0.25) is 0 Å². The fraction of sp³-hybridized carbons (Fsp3) is 0.0833. The summed E-state index contributed by atoms with van der Waals surface area (Å²) in [6.07, 6.45) is 0. The number of anilines is 1. The second kappa shape index (κ2) is 10.7. The first-order valence-electron chi connectivity index (χ1n) is 10.2. The summed E-state index contributed by atoms with van der Waals surface area (Å²) >= 11 is 25.5. The van der Waals surface area contributed by atoms with Crippen LogP contribution in [0.25, 0.3) is 0 Å². The minimum Gasteiger partial charge on any atom is -0.478 e. The number of hydrogen-bond acceptors (Lipinski definition) is 5. The zero-order valence-electron chi connectivity index (χ0n) is 18.0. The molecule has 0 unspecified atom stereocenters. The molecule has 0 aliphatic carbocycles. The first-order chi connectivity index (χ1) is 17.1. The van der Waals surface area contributed by atoms with Gasteiger partial charge in [-0.15, -0.1) is 11.8 Å². The molecule has 0 spiro atoms. The summed E-state index contributed by atoms with van der Waals surface area (Å²) in [4.78, 5) is 51.5. The van der Waals surface area contributed by atoms with Crippen LogP contribution in [0.15, 0.2) is 53.4 Å². The molecule has 0 atom stereocenters. The number of carboxylic acids is 1. The highest BCUT2D eigenvalue weighted by molar-refractivity contribution is 7.99. The number of halogens is 4. The maximum atomic E-state index is 12.8. The fourth-order valence-corrected chi connectivity index (χ4v) is 5.43. The molecule has 0 aromatic heterocycles. The predicted molar refractivity (Wildman–Crippen MR) is 140 cm³/mol. The Morgan fingerprint density at radius 3 is 1.86 bits per heavy atom. The normalized spacial score (nSPS) is 12.6. The van der Waals surface area contributed by atoms with Crippen LogP contribution in [-0.4, -0.2) is 46.0 Å². The van der Waals surface area contributed by atoms with Crippen molar-refractivity contribution in [2.24, 2.45) is 0 Å². The lowest BCUT2D eigenvalue weighted by Gasteiger charge is -2.14. The number of carbonyl (C=O) groups is 4. The molecule has 7 nitrogen and oxygen atoms in total. The van der Waals surface area contributed by atoms with Crippen LogP contribution in [0.4, 0.5) is 5.69 Å². The SMILES string of the molecule is O=C(O)c1c(Cl)c(Cl)c(Cl)c(Cl)c1C(=O)Nc1ccc(SCCN2C(=O)c3ccccc3C2=O)cc1. The van der Waals surface area contributed by atoms with Crippen molar-refractivity contribution in [3.8, 4) is 0 Å². The van der Waals surface area contributed by atoms with E-state index in [9.17, 15) is 24.3 Å². The molecule has 12 heteroatoms. The van der Waals surface area contributed by atoms with Gasteiger partial charge in [0.1, 0.15) is 0 Å². The number of nitrogens with one attached hydrogen (secondary N) is 1. The van der Waals surface area contributed by atoms with Crippen LogP contribution in [0.5, 0.6) is 0 Å². The van der Waals surface area contributed by atoms with Crippen molar-refractivity contribution in [2.75, 3.05) is 17.6 Å². The molecule has 1 heterocycles. The Hall–Kier alpha value is -2.75. The van der Waals surface area contributed by atoms with Crippen LogP contribution in [0, 0.1) is 0 Å². The fourth-order valence-electron chi connectivity index (χ4n) is 3.57. The van der Waals surface area contributed by atoms with Gasteiger partial charge in [-0.3, -0.25) is 19.3 Å². The van der Waals surface area contributed by atoms with Gasteiger partial charge in [-0.2, -0.15) is 0 Å². The van der Waals surface area contributed by atoms with Crippen LogP contribution in [0.1, 0.15) is 41.4 Å². The zero-order chi connectivity index (χ0) is 26.1. The summed E-state index contributed by atoms with van der Waals surface area (Å²) < 4.78 is 0. The lowest BCUT2D eigenvalue weighted by molar-refractivity contribution is 0.0660. The predicted octanol–water partition coefficient (Wildman–Crippen LogP) is 6.64. The number of benzene rings is 3. The summed E-state index contributed by atoms with van der Waals surface area (Å²) in [5, 5.41) is 10.8. The van der Waals surface area contributed by atoms with Crippen LogP contribution in [-0.2, 0) is 0 Å². The average molecular weight is 584 g/mol. The topological polar surface area (TPSA) is 104 Å². The Labute approximate surface area is 229 Å². The van der Waals surface area contributed by atoms with Crippen LogP contribution in [0.3, 0.4) is 0 Å². The third-order valence-corrected chi connectivity index (χ3v) is 8.08. The van der Waals surface area contributed by atoms with Crippen molar-refractivity contribution in [1.29, 1.82) is 0 Å². The van der Waals surface area contributed by atoms with E-state index in [1.54, 1.807) is 48.5 Å². The van der Waals surface area contributed by atoms with E-state index in [4.69, 9.17) is 46.4 Å². The smallest absolute Gasteiger partial charge is 0.338 e. The van der Waals surface area contributed by atoms with E-state index in [0.29, 0.717) is 22.6 Å². The van der Waals surface area contributed by atoms with Crippen LogP contribution >= 0.6 is 58.2 Å². The average Bonchev–Trinajstić information content (AvgIpc) is 3.10. The second-order valence-electron chi connectivity index (χ2n) is 7.45. The summed E-state index contributed by atoms with van der Waals surface area (Å²) in [7, 11) is 0. The summed E-state index contributed by atoms with van der Waals surface area (Å²) in [6, 6.07) is 13.4. The molecule has 3 amide bonds. The molecule has 36 heavy (non-hydrogen) atoms. The summed E-state index contributed by atoms with van der Waals surface area (Å²) in [5.74, 6) is -2.47. The number of rotatable bonds is 7. The minimum atomic E-state index is -1.49. The number of hydrogen-bond donors (Lipinski definition) is 2. The third-order valence-electron chi connectivity index (χ3n) is 5.28. The van der Waals surface area contributed by atoms with Crippen molar-refractivity contribution in [2.45, 2.75) is 4.90 Å². The van der Waals surface area contributed by atoms with Crippen molar-refractivity contribution in [3.05, 3.63) is 90.9 Å². The van der Waals surface area contributed by atoms with Crippen molar-refractivity contribution >= 4 is 87.5 Å². The number of carboxylic acid groups (broad SMARTS) is 1. The first kappa shape index (κ1) is 26.3. The molecule has 3 aromatic rings. The molecule has 0 radical (unpaired) electrons. The number of aromatic carboxylic acids is 1. The highest BCUT2D eigenvalue weighted by Gasteiger charge is 2.34. The van der Waals surface area contributed by atoms with E-state index in [0.717, 1.165) is 4.90 Å². The van der Waals surface area contributed by atoms with Gasteiger partial charge in [0, 0.05) is 22.9 Å². The second-order valence-corrected chi connectivity index (χ2v) is 10.1. The van der Waals surface area contributed by atoms with Gasteiger partial charge in [0.25, 0.3) is 17.7 Å². The quantitative estimate of drug-likeness (QED) is 0.140. The molecule has 4 rings (SSSR count). The maximum absolute atomic E-state index is 12.8. The van der Waals surface area contributed by atoms with Gasteiger partial charge in [-0.25, -0.2) is 4.79 Å². The molecule has 2 N–H and O–H groups in total. The molecule has 0 fully saturated rings. The summed E-state index contributed by atoms with van der Waals surface area (Å²) in [5.41, 5.74) is 0.195.